The first-order valence-corrected chi connectivity index (χ1v) is 10.3. The van der Waals surface area contributed by atoms with Gasteiger partial charge < -0.3 is 4.57 Å². The first-order chi connectivity index (χ1) is 14.9. The molecule has 160 valence electrons. The topological polar surface area (TPSA) is 89.5 Å². The van der Waals surface area contributed by atoms with Crippen LogP contribution in [0.3, 0.4) is 0 Å². The summed E-state index contributed by atoms with van der Waals surface area (Å²) in [5, 5.41) is 14.8. The van der Waals surface area contributed by atoms with E-state index in [1.54, 1.807) is 6.21 Å². The fourth-order valence-electron chi connectivity index (χ4n) is 3.47. The molecule has 1 heterocycles. The third-order valence-electron chi connectivity index (χ3n) is 5.19. The van der Waals surface area contributed by atoms with E-state index in [0.717, 1.165) is 29.1 Å². The number of nitrogens with one attached hydrogen (secondary N) is 1. The maximum Gasteiger partial charge on any atom is 0.271 e. The van der Waals surface area contributed by atoms with E-state index < -0.39 is 10.8 Å². The molecule has 3 aromatic rings. The number of nitrogens with zero attached hydrogens (tertiary/aromatic N) is 3. The molecule has 0 aliphatic heterocycles. The minimum absolute atomic E-state index is 0.0640. The number of aromatic nitrogens is 1. The average molecular weight is 418 g/mol. The van der Waals surface area contributed by atoms with Crippen molar-refractivity contribution in [2.75, 3.05) is 0 Å². The van der Waals surface area contributed by atoms with Crippen LogP contribution in [-0.2, 0) is 6.42 Å². The molecule has 0 unspecified atom stereocenters. The number of unbranched alkanes of at least 4 members (excludes halogenated alkanes) is 1. The lowest BCUT2D eigenvalue weighted by molar-refractivity contribution is -0.384. The minimum Gasteiger partial charge on any atom is -0.318 e. The molecule has 31 heavy (non-hydrogen) atoms. The van der Waals surface area contributed by atoms with Crippen LogP contribution < -0.4 is 5.43 Å². The van der Waals surface area contributed by atoms with Crippen molar-refractivity contribution in [2.24, 2.45) is 5.10 Å². The lowest BCUT2D eigenvalue weighted by Crippen LogP contribution is -2.17. The Morgan fingerprint density at radius 1 is 1.13 bits per heavy atom. The Hall–Kier alpha value is -3.74. The molecule has 0 saturated heterocycles. The number of carbonyl (C=O) groups is 1. The molecule has 0 fully saturated rings. The van der Waals surface area contributed by atoms with Gasteiger partial charge in [0.05, 0.1) is 11.1 Å². The van der Waals surface area contributed by atoms with E-state index in [-0.39, 0.29) is 5.69 Å². The second-order valence-electron chi connectivity index (χ2n) is 7.43. The molecular weight excluding hydrogens is 392 g/mol. The third-order valence-corrected chi connectivity index (χ3v) is 5.19. The van der Waals surface area contributed by atoms with Crippen LogP contribution in [0, 0.1) is 24.0 Å². The normalized spacial score (nSPS) is 11.1. The van der Waals surface area contributed by atoms with Crippen LogP contribution in [-0.4, -0.2) is 21.6 Å². The Morgan fingerprint density at radius 3 is 2.42 bits per heavy atom. The maximum absolute atomic E-state index is 12.2. The molecule has 0 spiro atoms. The van der Waals surface area contributed by atoms with Crippen molar-refractivity contribution in [1.29, 1.82) is 0 Å². The quantitative estimate of drug-likeness (QED) is 0.313. The van der Waals surface area contributed by atoms with E-state index in [9.17, 15) is 14.9 Å². The Balaban J connectivity index is 1.70. The SMILES string of the molecule is CCCCc1ccc(-n2c(C)cc(/C=N\NC(=O)c3ccc([N+](=O)[O-])cc3)c2C)cc1. The summed E-state index contributed by atoms with van der Waals surface area (Å²) in [7, 11) is 0. The van der Waals surface area contributed by atoms with Crippen LogP contribution in [0.1, 0.15) is 52.6 Å². The van der Waals surface area contributed by atoms with E-state index in [0.29, 0.717) is 5.56 Å². The van der Waals surface area contributed by atoms with E-state index in [2.05, 4.69) is 46.3 Å². The van der Waals surface area contributed by atoms with Gasteiger partial charge in [-0.15, -0.1) is 0 Å². The van der Waals surface area contributed by atoms with Crippen LogP contribution in [0.2, 0.25) is 0 Å². The molecule has 0 saturated carbocycles. The highest BCUT2D eigenvalue weighted by Crippen LogP contribution is 2.21. The van der Waals surface area contributed by atoms with Gasteiger partial charge in [0.2, 0.25) is 0 Å². The number of aryl methyl sites for hydroxylation is 2. The summed E-state index contributed by atoms with van der Waals surface area (Å²) in [5.74, 6) is -0.428. The van der Waals surface area contributed by atoms with Gasteiger partial charge in [0.25, 0.3) is 11.6 Å². The van der Waals surface area contributed by atoms with Crippen molar-refractivity contribution in [3.05, 3.63) is 92.8 Å². The van der Waals surface area contributed by atoms with Gasteiger partial charge >= 0.3 is 0 Å². The highest BCUT2D eigenvalue weighted by Gasteiger charge is 2.11. The molecule has 7 heteroatoms. The van der Waals surface area contributed by atoms with Crippen LogP contribution in [0.25, 0.3) is 5.69 Å². The maximum atomic E-state index is 12.2. The number of nitro benzene ring substituents is 1. The molecule has 1 aromatic heterocycles. The zero-order chi connectivity index (χ0) is 22.4. The molecule has 0 atom stereocenters. The van der Waals surface area contributed by atoms with Gasteiger partial charge in [0.15, 0.2) is 0 Å². The summed E-state index contributed by atoms with van der Waals surface area (Å²) in [5.41, 5.74) is 8.12. The van der Waals surface area contributed by atoms with E-state index in [4.69, 9.17) is 0 Å². The Labute approximate surface area is 181 Å². The van der Waals surface area contributed by atoms with Gasteiger partial charge in [-0.05, 0) is 62.6 Å². The number of nitro groups is 1. The largest absolute Gasteiger partial charge is 0.318 e. The van der Waals surface area contributed by atoms with Crippen molar-refractivity contribution < 1.29 is 9.72 Å². The number of rotatable bonds is 8. The first-order valence-electron chi connectivity index (χ1n) is 10.3. The first kappa shape index (κ1) is 22.0. The third kappa shape index (κ3) is 5.25. The molecule has 3 rings (SSSR count). The highest BCUT2D eigenvalue weighted by atomic mass is 16.6. The predicted octanol–water partition coefficient (Wildman–Crippen LogP) is 5.11. The number of hydrogen-bond acceptors (Lipinski definition) is 4. The summed E-state index contributed by atoms with van der Waals surface area (Å²) in [6.07, 6.45) is 5.07. The predicted molar refractivity (Wildman–Crippen MR) is 122 cm³/mol. The monoisotopic (exact) mass is 418 g/mol. The molecule has 0 bridgehead atoms. The lowest BCUT2D eigenvalue weighted by Gasteiger charge is -2.10. The molecular formula is C24H26N4O3. The van der Waals surface area contributed by atoms with Gasteiger partial charge in [-0.2, -0.15) is 5.10 Å². The minimum atomic E-state index is -0.506. The second kappa shape index (κ2) is 9.84. The van der Waals surface area contributed by atoms with Crippen LogP contribution >= 0.6 is 0 Å². The summed E-state index contributed by atoms with van der Waals surface area (Å²) >= 11 is 0. The summed E-state index contributed by atoms with van der Waals surface area (Å²) < 4.78 is 2.16. The second-order valence-corrected chi connectivity index (χ2v) is 7.43. The number of non-ortho nitro benzene ring substituents is 1. The number of carbonyl (C=O) groups excluding carboxylic acids is 1. The van der Waals surface area contributed by atoms with E-state index in [1.165, 1.54) is 42.7 Å². The fourth-order valence-corrected chi connectivity index (χ4v) is 3.47. The smallest absolute Gasteiger partial charge is 0.271 e. The summed E-state index contributed by atoms with van der Waals surface area (Å²) in [4.78, 5) is 22.4. The van der Waals surface area contributed by atoms with Crippen molar-refractivity contribution >= 4 is 17.8 Å². The summed E-state index contributed by atoms with van der Waals surface area (Å²) in [6, 6.07) is 16.0. The standard InChI is InChI=1S/C24H26N4O3/c1-4-5-6-19-7-11-22(12-8-19)27-17(2)15-21(18(27)3)16-25-26-24(29)20-9-13-23(14-10-20)28(30)31/h7-16H,4-6H2,1-3H3,(H,26,29)/b25-16-. The van der Waals surface area contributed by atoms with Crippen molar-refractivity contribution in [1.82, 2.24) is 9.99 Å². The van der Waals surface area contributed by atoms with E-state index >= 15 is 0 Å². The number of hydrazone groups is 1. The molecule has 0 aliphatic carbocycles. The Morgan fingerprint density at radius 2 is 1.81 bits per heavy atom. The number of hydrogen-bond donors (Lipinski definition) is 1. The van der Waals surface area contributed by atoms with E-state index in [1.807, 2.05) is 19.9 Å². The van der Waals surface area contributed by atoms with Crippen molar-refractivity contribution in [2.45, 2.75) is 40.0 Å². The molecule has 0 radical (unpaired) electrons. The zero-order valence-electron chi connectivity index (χ0n) is 18.0. The Kier molecular flexibility index (Phi) is 6.97. The fraction of sp³-hybridized carbons (Fsp3) is 0.250. The molecule has 0 aliphatic rings. The van der Waals surface area contributed by atoms with Gasteiger partial charge in [-0.25, -0.2) is 5.43 Å². The van der Waals surface area contributed by atoms with Crippen molar-refractivity contribution in [3.8, 4) is 5.69 Å². The molecule has 7 nitrogen and oxygen atoms in total. The molecule has 2 aromatic carbocycles. The zero-order valence-corrected chi connectivity index (χ0v) is 18.0. The average Bonchev–Trinajstić information content (AvgIpc) is 3.05. The molecule has 1 amide bonds. The van der Waals surface area contributed by atoms with Gasteiger partial charge in [0.1, 0.15) is 0 Å². The highest BCUT2D eigenvalue weighted by molar-refractivity contribution is 5.95. The number of amides is 1. The van der Waals surface area contributed by atoms with Gasteiger partial charge in [-0.1, -0.05) is 25.5 Å². The van der Waals surface area contributed by atoms with Crippen LogP contribution in [0.5, 0.6) is 0 Å². The van der Waals surface area contributed by atoms with Crippen LogP contribution in [0.4, 0.5) is 5.69 Å². The van der Waals surface area contributed by atoms with Gasteiger partial charge in [0, 0.05) is 40.3 Å². The lowest BCUT2D eigenvalue weighted by atomic mass is 10.1. The van der Waals surface area contributed by atoms with Crippen LogP contribution in [0.15, 0.2) is 59.7 Å². The summed E-state index contributed by atoms with van der Waals surface area (Å²) in [6.45, 7) is 6.24. The number of benzene rings is 2. The van der Waals surface area contributed by atoms with Crippen molar-refractivity contribution in [3.63, 3.8) is 0 Å². The molecule has 1 N–H and O–H groups in total. The Bertz CT molecular complexity index is 1100. The van der Waals surface area contributed by atoms with Gasteiger partial charge in [-0.3, -0.25) is 14.9 Å².